The Balaban J connectivity index is 1.79. The molecule has 0 aromatic heterocycles. The molecule has 1 fully saturated rings. The van der Waals surface area contributed by atoms with Crippen LogP contribution in [0.4, 0.5) is 0 Å². The van der Waals surface area contributed by atoms with Crippen molar-refractivity contribution in [3.63, 3.8) is 0 Å². The number of benzene rings is 1. The second-order valence-corrected chi connectivity index (χ2v) is 6.18. The predicted molar refractivity (Wildman–Crippen MR) is 74.9 cm³/mol. The van der Waals surface area contributed by atoms with Crippen molar-refractivity contribution in [3.05, 3.63) is 28.8 Å². The van der Waals surface area contributed by atoms with Crippen LogP contribution in [0.2, 0.25) is 5.02 Å². The average molecular weight is 272 g/mol. The normalized spacial score (nSPS) is 20.4. The summed E-state index contributed by atoms with van der Waals surface area (Å²) < 4.78 is 0. The average Bonchev–Trinajstić information content (AvgIpc) is 2.36. The molecule has 1 unspecified atom stereocenters. The minimum atomic E-state index is 0.206. The Kier molecular flexibility index (Phi) is 5.01. The molecule has 1 atom stereocenters. The number of hydrogen-bond acceptors (Lipinski definition) is 3. The van der Waals surface area contributed by atoms with E-state index in [9.17, 15) is 5.11 Å². The topological polar surface area (TPSA) is 32.3 Å². The molecule has 2 nitrogen and oxygen atoms in total. The molecule has 2 rings (SSSR count). The number of nitrogens with one attached hydrogen (secondary N) is 1. The van der Waals surface area contributed by atoms with Gasteiger partial charge in [0.2, 0.25) is 0 Å². The van der Waals surface area contributed by atoms with Crippen LogP contribution in [0.5, 0.6) is 5.75 Å². The van der Waals surface area contributed by atoms with Crippen LogP contribution >= 0.6 is 23.4 Å². The van der Waals surface area contributed by atoms with Crippen molar-refractivity contribution in [2.75, 3.05) is 12.3 Å². The standard InChI is InChI=1S/C13H18ClNOS/c14-12-6-3-4-10(13(12)16)8-15-9-11-5-1-2-7-17-11/h3-4,6,11,15-16H,1-2,5,7-9H2. The van der Waals surface area contributed by atoms with Gasteiger partial charge in [0.05, 0.1) is 5.02 Å². The Morgan fingerprint density at radius 2 is 2.29 bits per heavy atom. The maximum Gasteiger partial charge on any atom is 0.138 e. The molecule has 0 bridgehead atoms. The second kappa shape index (κ2) is 6.53. The molecule has 1 aliphatic heterocycles. The molecular formula is C13H18ClNOS. The Hall–Kier alpha value is -0.380. The predicted octanol–water partition coefficient (Wildman–Crippen LogP) is 3.42. The lowest BCUT2D eigenvalue weighted by molar-refractivity contribution is 0.464. The number of phenolic OH excluding ortho intramolecular Hbond substituents is 1. The largest absolute Gasteiger partial charge is 0.506 e. The number of hydrogen-bond donors (Lipinski definition) is 2. The highest BCUT2D eigenvalue weighted by Crippen LogP contribution is 2.27. The Bertz CT molecular complexity index is 366. The first-order valence-corrected chi connectivity index (χ1v) is 7.48. The molecule has 0 amide bonds. The van der Waals surface area contributed by atoms with Crippen molar-refractivity contribution >= 4 is 23.4 Å². The number of phenols is 1. The van der Waals surface area contributed by atoms with E-state index in [1.807, 2.05) is 12.1 Å². The smallest absolute Gasteiger partial charge is 0.138 e. The zero-order valence-corrected chi connectivity index (χ0v) is 11.4. The van der Waals surface area contributed by atoms with Gasteiger partial charge in [0.1, 0.15) is 5.75 Å². The van der Waals surface area contributed by atoms with Crippen LogP contribution in [0.15, 0.2) is 18.2 Å². The summed E-state index contributed by atoms with van der Waals surface area (Å²) in [5, 5.41) is 14.3. The third-order valence-corrected chi connectivity index (χ3v) is 4.73. The molecule has 2 N–H and O–H groups in total. The summed E-state index contributed by atoms with van der Waals surface area (Å²) >= 11 is 7.91. The van der Waals surface area contributed by atoms with Crippen molar-refractivity contribution in [1.29, 1.82) is 0 Å². The molecule has 1 saturated heterocycles. The number of aromatic hydroxyl groups is 1. The highest BCUT2D eigenvalue weighted by molar-refractivity contribution is 7.99. The van der Waals surface area contributed by atoms with Crippen molar-refractivity contribution < 1.29 is 5.11 Å². The van der Waals surface area contributed by atoms with Crippen LogP contribution in [0.3, 0.4) is 0 Å². The highest BCUT2D eigenvalue weighted by Gasteiger charge is 2.13. The Labute approximate surface area is 112 Å². The number of rotatable bonds is 4. The molecule has 0 aliphatic carbocycles. The van der Waals surface area contributed by atoms with Gasteiger partial charge in [0.25, 0.3) is 0 Å². The maximum absolute atomic E-state index is 9.76. The van der Waals surface area contributed by atoms with Crippen LogP contribution < -0.4 is 5.32 Å². The van der Waals surface area contributed by atoms with Crippen molar-refractivity contribution in [2.45, 2.75) is 31.1 Å². The molecule has 1 heterocycles. The Morgan fingerprint density at radius 3 is 3.06 bits per heavy atom. The molecular weight excluding hydrogens is 254 g/mol. The molecule has 17 heavy (non-hydrogen) atoms. The summed E-state index contributed by atoms with van der Waals surface area (Å²) in [6.07, 6.45) is 4.01. The summed E-state index contributed by atoms with van der Waals surface area (Å²) in [6, 6.07) is 5.48. The van der Waals surface area contributed by atoms with Gasteiger partial charge in [0.15, 0.2) is 0 Å². The van der Waals surface area contributed by atoms with E-state index in [0.29, 0.717) is 11.6 Å². The molecule has 0 radical (unpaired) electrons. The van der Waals surface area contributed by atoms with E-state index in [2.05, 4.69) is 17.1 Å². The van der Waals surface area contributed by atoms with E-state index in [1.165, 1.54) is 25.0 Å². The molecule has 1 aromatic carbocycles. The van der Waals surface area contributed by atoms with E-state index < -0.39 is 0 Å². The van der Waals surface area contributed by atoms with E-state index in [-0.39, 0.29) is 5.75 Å². The lowest BCUT2D eigenvalue weighted by Gasteiger charge is -2.21. The monoisotopic (exact) mass is 271 g/mol. The van der Waals surface area contributed by atoms with Crippen LogP contribution in [-0.4, -0.2) is 22.7 Å². The van der Waals surface area contributed by atoms with Gasteiger partial charge in [-0.3, -0.25) is 0 Å². The van der Waals surface area contributed by atoms with Gasteiger partial charge < -0.3 is 10.4 Å². The van der Waals surface area contributed by atoms with Crippen LogP contribution in [0.25, 0.3) is 0 Å². The van der Waals surface area contributed by atoms with Crippen LogP contribution in [0, 0.1) is 0 Å². The first-order valence-electron chi connectivity index (χ1n) is 6.06. The van der Waals surface area contributed by atoms with E-state index in [0.717, 1.165) is 17.4 Å². The van der Waals surface area contributed by atoms with Gasteiger partial charge in [-0.2, -0.15) is 11.8 Å². The molecule has 0 spiro atoms. The molecule has 1 aliphatic rings. The van der Waals surface area contributed by atoms with E-state index in [4.69, 9.17) is 11.6 Å². The fourth-order valence-electron chi connectivity index (χ4n) is 2.04. The third-order valence-electron chi connectivity index (χ3n) is 3.03. The zero-order valence-electron chi connectivity index (χ0n) is 9.79. The fraction of sp³-hybridized carbons (Fsp3) is 0.538. The molecule has 4 heteroatoms. The van der Waals surface area contributed by atoms with Gasteiger partial charge >= 0.3 is 0 Å². The van der Waals surface area contributed by atoms with Gasteiger partial charge in [-0.1, -0.05) is 30.2 Å². The highest BCUT2D eigenvalue weighted by atomic mass is 35.5. The number of halogens is 1. The first-order chi connectivity index (χ1) is 8.27. The van der Waals surface area contributed by atoms with Crippen molar-refractivity contribution in [1.82, 2.24) is 5.32 Å². The minimum absolute atomic E-state index is 0.206. The van der Waals surface area contributed by atoms with Gasteiger partial charge in [0, 0.05) is 23.9 Å². The van der Waals surface area contributed by atoms with Gasteiger partial charge in [-0.05, 0) is 24.7 Å². The summed E-state index contributed by atoms with van der Waals surface area (Å²) in [6.45, 7) is 1.69. The zero-order chi connectivity index (χ0) is 12.1. The lowest BCUT2D eigenvalue weighted by atomic mass is 10.1. The quantitative estimate of drug-likeness (QED) is 0.880. The van der Waals surface area contributed by atoms with Crippen LogP contribution in [0.1, 0.15) is 24.8 Å². The SMILES string of the molecule is Oc1c(Cl)cccc1CNCC1CCCCS1. The maximum atomic E-state index is 9.76. The molecule has 0 saturated carbocycles. The number of thioether (sulfide) groups is 1. The van der Waals surface area contributed by atoms with E-state index in [1.54, 1.807) is 6.07 Å². The summed E-state index contributed by atoms with van der Waals surface area (Å²) in [4.78, 5) is 0. The summed E-state index contributed by atoms with van der Waals surface area (Å²) in [5.74, 6) is 1.49. The third kappa shape index (κ3) is 3.80. The first kappa shape index (κ1) is 13.1. The fourth-order valence-corrected chi connectivity index (χ4v) is 3.51. The number of para-hydroxylation sites is 1. The minimum Gasteiger partial charge on any atom is -0.506 e. The second-order valence-electron chi connectivity index (χ2n) is 4.37. The lowest BCUT2D eigenvalue weighted by Crippen LogP contribution is -2.26. The van der Waals surface area contributed by atoms with Crippen molar-refractivity contribution in [2.24, 2.45) is 0 Å². The Morgan fingerprint density at radius 1 is 1.41 bits per heavy atom. The molecule has 1 aromatic rings. The van der Waals surface area contributed by atoms with E-state index >= 15 is 0 Å². The summed E-state index contributed by atoms with van der Waals surface area (Å²) in [7, 11) is 0. The van der Waals surface area contributed by atoms with Gasteiger partial charge in [-0.15, -0.1) is 0 Å². The van der Waals surface area contributed by atoms with Crippen LogP contribution in [-0.2, 0) is 6.54 Å². The summed E-state index contributed by atoms with van der Waals surface area (Å²) in [5.41, 5.74) is 0.873. The van der Waals surface area contributed by atoms with Gasteiger partial charge in [-0.25, -0.2) is 0 Å². The van der Waals surface area contributed by atoms with Crippen molar-refractivity contribution in [3.8, 4) is 5.75 Å². The molecule has 94 valence electrons.